The highest BCUT2D eigenvalue weighted by atomic mass is 16.7. The van der Waals surface area contributed by atoms with Crippen molar-refractivity contribution in [2.75, 3.05) is 19.9 Å². The molecule has 0 radical (unpaired) electrons. The summed E-state index contributed by atoms with van der Waals surface area (Å²) in [6.45, 7) is 2.51. The molecule has 2 atom stereocenters. The lowest BCUT2D eigenvalue weighted by Crippen LogP contribution is -2.42. The third kappa shape index (κ3) is 2.44. The zero-order chi connectivity index (χ0) is 12.4. The number of piperidine rings is 1. The third-order valence-corrected chi connectivity index (χ3v) is 3.85. The summed E-state index contributed by atoms with van der Waals surface area (Å²) >= 11 is 0. The van der Waals surface area contributed by atoms with Crippen LogP contribution < -0.4 is 20.5 Å². The summed E-state index contributed by atoms with van der Waals surface area (Å²) in [5.74, 6) is 2.28. The Labute approximate surface area is 107 Å². The molecule has 1 aromatic carbocycles. The number of nitrogens with two attached hydrogens (primary N) is 1. The number of ether oxygens (including phenoxy) is 2. The minimum atomic E-state index is 0.221. The standard InChI is InChI=1S/C14H20N2O2/c15-12(11-2-1-5-16-8-11)6-10-3-4-13-14(7-10)18-9-17-13/h3-4,7,11-12,16H,1-2,5-6,8-9,15H2. The summed E-state index contributed by atoms with van der Waals surface area (Å²) in [6.07, 6.45) is 3.38. The second kappa shape index (κ2) is 5.16. The van der Waals surface area contributed by atoms with Crippen molar-refractivity contribution in [1.82, 2.24) is 5.32 Å². The number of benzene rings is 1. The van der Waals surface area contributed by atoms with E-state index < -0.39 is 0 Å². The van der Waals surface area contributed by atoms with Gasteiger partial charge in [0.1, 0.15) is 0 Å². The van der Waals surface area contributed by atoms with Gasteiger partial charge in [-0.2, -0.15) is 0 Å². The predicted octanol–water partition coefficient (Wildman–Crippen LogP) is 1.28. The summed E-state index contributed by atoms with van der Waals surface area (Å²) in [6, 6.07) is 6.34. The zero-order valence-electron chi connectivity index (χ0n) is 10.5. The van der Waals surface area contributed by atoms with Crippen LogP contribution in [0.25, 0.3) is 0 Å². The van der Waals surface area contributed by atoms with Gasteiger partial charge in [0.25, 0.3) is 0 Å². The van der Waals surface area contributed by atoms with Crippen LogP contribution in [0.5, 0.6) is 11.5 Å². The van der Waals surface area contributed by atoms with Crippen LogP contribution in [0.3, 0.4) is 0 Å². The van der Waals surface area contributed by atoms with E-state index in [1.54, 1.807) is 0 Å². The quantitative estimate of drug-likeness (QED) is 0.846. The highest BCUT2D eigenvalue weighted by Crippen LogP contribution is 2.33. The average Bonchev–Trinajstić information content (AvgIpc) is 2.87. The van der Waals surface area contributed by atoms with Crippen LogP contribution >= 0.6 is 0 Å². The number of hydrogen-bond donors (Lipinski definition) is 2. The Morgan fingerprint density at radius 3 is 3.06 bits per heavy atom. The molecule has 0 aliphatic carbocycles. The van der Waals surface area contributed by atoms with E-state index in [-0.39, 0.29) is 6.04 Å². The second-order valence-corrected chi connectivity index (χ2v) is 5.16. The normalized spacial score (nSPS) is 23.9. The molecule has 0 amide bonds. The van der Waals surface area contributed by atoms with Crippen molar-refractivity contribution in [3.05, 3.63) is 23.8 Å². The summed E-state index contributed by atoms with van der Waals surface area (Å²) in [4.78, 5) is 0. The lowest BCUT2D eigenvalue weighted by atomic mass is 9.88. The van der Waals surface area contributed by atoms with E-state index >= 15 is 0 Å². The van der Waals surface area contributed by atoms with Crippen molar-refractivity contribution in [2.45, 2.75) is 25.3 Å². The van der Waals surface area contributed by atoms with Crippen LogP contribution in [0, 0.1) is 5.92 Å². The molecule has 3 rings (SSSR count). The maximum atomic E-state index is 6.31. The van der Waals surface area contributed by atoms with Gasteiger partial charge in [0.2, 0.25) is 6.79 Å². The van der Waals surface area contributed by atoms with Gasteiger partial charge in [-0.05, 0) is 56.0 Å². The first-order valence-electron chi connectivity index (χ1n) is 6.68. The van der Waals surface area contributed by atoms with Gasteiger partial charge in [0.15, 0.2) is 11.5 Å². The molecular formula is C14H20N2O2. The van der Waals surface area contributed by atoms with Gasteiger partial charge in [0, 0.05) is 6.04 Å². The van der Waals surface area contributed by atoms with E-state index in [0.29, 0.717) is 12.7 Å². The Balaban J connectivity index is 1.64. The van der Waals surface area contributed by atoms with Crippen molar-refractivity contribution in [2.24, 2.45) is 11.7 Å². The van der Waals surface area contributed by atoms with Gasteiger partial charge in [-0.15, -0.1) is 0 Å². The van der Waals surface area contributed by atoms with E-state index in [1.165, 1.54) is 18.4 Å². The first kappa shape index (κ1) is 11.8. The fourth-order valence-corrected chi connectivity index (χ4v) is 2.75. The molecule has 0 saturated carbocycles. The molecule has 18 heavy (non-hydrogen) atoms. The Morgan fingerprint density at radius 2 is 2.22 bits per heavy atom. The Kier molecular flexibility index (Phi) is 3.39. The van der Waals surface area contributed by atoms with Gasteiger partial charge < -0.3 is 20.5 Å². The van der Waals surface area contributed by atoms with Gasteiger partial charge >= 0.3 is 0 Å². The first-order valence-corrected chi connectivity index (χ1v) is 6.68. The minimum Gasteiger partial charge on any atom is -0.454 e. The molecule has 1 saturated heterocycles. The molecule has 4 heteroatoms. The van der Waals surface area contributed by atoms with Gasteiger partial charge in [-0.1, -0.05) is 6.07 Å². The van der Waals surface area contributed by atoms with E-state index in [1.807, 2.05) is 6.07 Å². The molecule has 98 valence electrons. The number of hydrogen-bond acceptors (Lipinski definition) is 4. The van der Waals surface area contributed by atoms with Crippen LogP contribution in [0.1, 0.15) is 18.4 Å². The summed E-state index contributed by atoms with van der Waals surface area (Å²) in [5, 5.41) is 3.42. The molecule has 2 heterocycles. The Bertz CT molecular complexity index is 416. The lowest BCUT2D eigenvalue weighted by molar-refractivity contribution is 0.174. The topological polar surface area (TPSA) is 56.5 Å². The van der Waals surface area contributed by atoms with Gasteiger partial charge in [-0.25, -0.2) is 0 Å². The van der Waals surface area contributed by atoms with Crippen LogP contribution in [0.15, 0.2) is 18.2 Å². The van der Waals surface area contributed by atoms with Crippen molar-refractivity contribution in [3.8, 4) is 11.5 Å². The van der Waals surface area contributed by atoms with Crippen LogP contribution in [-0.4, -0.2) is 25.9 Å². The first-order chi connectivity index (χ1) is 8.83. The van der Waals surface area contributed by atoms with E-state index in [2.05, 4.69) is 17.4 Å². The van der Waals surface area contributed by atoms with E-state index in [9.17, 15) is 0 Å². The average molecular weight is 248 g/mol. The fraction of sp³-hybridized carbons (Fsp3) is 0.571. The number of rotatable bonds is 3. The summed E-state index contributed by atoms with van der Waals surface area (Å²) in [5.41, 5.74) is 7.55. The largest absolute Gasteiger partial charge is 0.454 e. The highest BCUT2D eigenvalue weighted by molar-refractivity contribution is 5.44. The number of nitrogens with one attached hydrogen (secondary N) is 1. The number of fused-ring (bicyclic) bond motifs is 1. The molecular weight excluding hydrogens is 228 g/mol. The predicted molar refractivity (Wildman–Crippen MR) is 69.8 cm³/mol. The van der Waals surface area contributed by atoms with Gasteiger partial charge in [0.05, 0.1) is 0 Å². The summed E-state index contributed by atoms with van der Waals surface area (Å²) in [7, 11) is 0. The molecule has 0 spiro atoms. The molecule has 2 unspecified atom stereocenters. The molecule has 0 bridgehead atoms. The molecule has 1 fully saturated rings. The lowest BCUT2D eigenvalue weighted by Gasteiger charge is -2.28. The smallest absolute Gasteiger partial charge is 0.231 e. The molecule has 0 aromatic heterocycles. The molecule has 2 aliphatic heterocycles. The van der Waals surface area contributed by atoms with Crippen molar-refractivity contribution in [3.63, 3.8) is 0 Å². The van der Waals surface area contributed by atoms with Crippen molar-refractivity contribution < 1.29 is 9.47 Å². The van der Waals surface area contributed by atoms with Crippen LogP contribution in [0.4, 0.5) is 0 Å². The van der Waals surface area contributed by atoms with Crippen LogP contribution in [-0.2, 0) is 6.42 Å². The van der Waals surface area contributed by atoms with E-state index in [0.717, 1.165) is 31.0 Å². The zero-order valence-corrected chi connectivity index (χ0v) is 10.5. The fourth-order valence-electron chi connectivity index (χ4n) is 2.75. The molecule has 4 nitrogen and oxygen atoms in total. The third-order valence-electron chi connectivity index (χ3n) is 3.85. The van der Waals surface area contributed by atoms with E-state index in [4.69, 9.17) is 15.2 Å². The van der Waals surface area contributed by atoms with Crippen LogP contribution in [0.2, 0.25) is 0 Å². The molecule has 1 aromatic rings. The molecule has 3 N–H and O–H groups in total. The monoisotopic (exact) mass is 248 g/mol. The maximum Gasteiger partial charge on any atom is 0.231 e. The Hall–Kier alpha value is -1.26. The SMILES string of the molecule is NC(Cc1ccc2c(c1)OCO2)C1CCCNC1. The van der Waals surface area contributed by atoms with Crippen molar-refractivity contribution >= 4 is 0 Å². The maximum absolute atomic E-state index is 6.31. The minimum absolute atomic E-state index is 0.221. The van der Waals surface area contributed by atoms with Gasteiger partial charge in [-0.3, -0.25) is 0 Å². The summed E-state index contributed by atoms with van der Waals surface area (Å²) < 4.78 is 10.7. The molecule has 2 aliphatic rings. The highest BCUT2D eigenvalue weighted by Gasteiger charge is 2.21. The second-order valence-electron chi connectivity index (χ2n) is 5.16. The van der Waals surface area contributed by atoms with Crippen molar-refractivity contribution in [1.29, 1.82) is 0 Å². The Morgan fingerprint density at radius 1 is 1.33 bits per heavy atom.